The maximum atomic E-state index is 12.7. The van der Waals surface area contributed by atoms with Gasteiger partial charge in [-0.25, -0.2) is 4.98 Å². The van der Waals surface area contributed by atoms with Crippen LogP contribution in [-0.4, -0.2) is 29.1 Å². The summed E-state index contributed by atoms with van der Waals surface area (Å²) < 4.78 is 5.71. The van der Waals surface area contributed by atoms with E-state index >= 15 is 0 Å². The topological polar surface area (TPSA) is 77.2 Å². The van der Waals surface area contributed by atoms with Crippen LogP contribution in [0.5, 0.6) is 0 Å². The second kappa shape index (κ2) is 4.26. The third kappa shape index (κ3) is 1.61. The van der Waals surface area contributed by atoms with Gasteiger partial charge in [0.2, 0.25) is 5.91 Å². The van der Waals surface area contributed by atoms with Gasteiger partial charge in [0.05, 0.1) is 11.8 Å². The van der Waals surface area contributed by atoms with Crippen molar-refractivity contribution in [2.75, 3.05) is 11.9 Å². The van der Waals surface area contributed by atoms with Gasteiger partial charge in [0, 0.05) is 22.8 Å². The Bertz CT molecular complexity index is 549. The summed E-state index contributed by atoms with van der Waals surface area (Å²) in [6, 6.07) is 0. The second-order valence-electron chi connectivity index (χ2n) is 6.39. The number of carbonyl (C=O) groups is 1. The number of carbonyl (C=O) groups excluding carboxylic acids is 1. The summed E-state index contributed by atoms with van der Waals surface area (Å²) in [7, 11) is 0. The summed E-state index contributed by atoms with van der Waals surface area (Å²) in [6.07, 6.45) is 0.950. The third-order valence-electron chi connectivity index (χ3n) is 5.08. The number of anilines is 1. The van der Waals surface area contributed by atoms with E-state index in [9.17, 15) is 4.79 Å². The molecule has 5 nitrogen and oxygen atoms in total. The van der Waals surface area contributed by atoms with Crippen LogP contribution in [0.15, 0.2) is 0 Å². The minimum Gasteiger partial charge on any atom is -0.377 e. The minimum atomic E-state index is -0.873. The molecule has 0 spiro atoms. The molecule has 0 bridgehead atoms. The first-order chi connectivity index (χ1) is 9.28. The van der Waals surface area contributed by atoms with E-state index in [-0.39, 0.29) is 23.3 Å². The van der Waals surface area contributed by atoms with Crippen molar-refractivity contribution >= 4 is 22.4 Å². The number of amides is 1. The zero-order valence-electron chi connectivity index (χ0n) is 12.3. The molecule has 3 rings (SSSR count). The number of rotatable bonds is 2. The van der Waals surface area contributed by atoms with E-state index in [1.165, 1.54) is 11.3 Å². The average Bonchev–Trinajstić information content (AvgIpc) is 2.95. The number of hydrogen-bond acceptors (Lipinski definition) is 5. The fraction of sp³-hybridized carbons (Fsp3) is 0.714. The molecule has 1 aromatic heterocycles. The van der Waals surface area contributed by atoms with Crippen molar-refractivity contribution in [2.45, 2.75) is 45.8 Å². The molecule has 3 atom stereocenters. The number of aromatic nitrogens is 1. The molecule has 1 saturated heterocycles. The van der Waals surface area contributed by atoms with Gasteiger partial charge >= 0.3 is 0 Å². The van der Waals surface area contributed by atoms with Crippen molar-refractivity contribution in [3.63, 3.8) is 0 Å². The Morgan fingerprint density at radius 1 is 1.50 bits per heavy atom. The maximum Gasteiger partial charge on any atom is 0.247 e. The normalized spacial score (nSPS) is 34.5. The Morgan fingerprint density at radius 2 is 2.20 bits per heavy atom. The lowest BCUT2D eigenvalue weighted by Gasteiger charge is -2.60. The highest BCUT2D eigenvalue weighted by Gasteiger charge is 2.71. The molecule has 1 amide bonds. The summed E-state index contributed by atoms with van der Waals surface area (Å²) >= 11 is 1.49. The Labute approximate surface area is 122 Å². The van der Waals surface area contributed by atoms with E-state index in [2.05, 4.69) is 10.3 Å². The van der Waals surface area contributed by atoms with E-state index < -0.39 is 5.54 Å². The summed E-state index contributed by atoms with van der Waals surface area (Å²) in [4.78, 5) is 18.1. The van der Waals surface area contributed by atoms with Crippen molar-refractivity contribution in [3.05, 3.63) is 10.6 Å². The monoisotopic (exact) mass is 295 g/mol. The standard InChI is InChI=1S/C14H21N3O2S/c1-7-8(2)20-12(16-7)17-11(18)14(15)9-5-6-19-10(9)13(14,3)4/h9-10H,5-6,15H2,1-4H3,(H,16,17,18). The molecule has 1 aromatic rings. The van der Waals surface area contributed by atoms with Crippen LogP contribution in [0, 0.1) is 25.2 Å². The van der Waals surface area contributed by atoms with E-state index in [0.29, 0.717) is 11.7 Å². The van der Waals surface area contributed by atoms with Gasteiger partial charge in [-0.2, -0.15) is 0 Å². The third-order valence-corrected chi connectivity index (χ3v) is 6.07. The lowest BCUT2D eigenvalue weighted by molar-refractivity contribution is -0.170. The van der Waals surface area contributed by atoms with Crippen LogP contribution < -0.4 is 11.1 Å². The highest BCUT2D eigenvalue weighted by Crippen LogP contribution is 2.58. The maximum absolute atomic E-state index is 12.7. The molecule has 3 unspecified atom stereocenters. The lowest BCUT2D eigenvalue weighted by Crippen LogP contribution is -2.79. The zero-order valence-corrected chi connectivity index (χ0v) is 13.1. The molecule has 1 saturated carbocycles. The number of aryl methyl sites for hydroxylation is 2. The van der Waals surface area contributed by atoms with Crippen molar-refractivity contribution in [1.29, 1.82) is 0 Å². The van der Waals surface area contributed by atoms with Crippen LogP contribution in [0.2, 0.25) is 0 Å². The smallest absolute Gasteiger partial charge is 0.247 e. The van der Waals surface area contributed by atoms with Crippen LogP contribution in [-0.2, 0) is 9.53 Å². The summed E-state index contributed by atoms with van der Waals surface area (Å²) in [5.41, 5.74) is 6.22. The largest absolute Gasteiger partial charge is 0.377 e. The number of thiazole rings is 1. The second-order valence-corrected chi connectivity index (χ2v) is 7.60. The van der Waals surface area contributed by atoms with Crippen LogP contribution in [0.3, 0.4) is 0 Å². The molecule has 20 heavy (non-hydrogen) atoms. The van der Waals surface area contributed by atoms with E-state index in [0.717, 1.165) is 17.0 Å². The Morgan fingerprint density at radius 3 is 2.80 bits per heavy atom. The number of nitrogens with zero attached hydrogens (tertiary/aromatic N) is 1. The molecule has 110 valence electrons. The number of ether oxygens (including phenoxy) is 1. The fourth-order valence-corrected chi connectivity index (χ4v) is 4.38. The van der Waals surface area contributed by atoms with Crippen molar-refractivity contribution < 1.29 is 9.53 Å². The first kappa shape index (κ1) is 14.0. The number of hydrogen-bond donors (Lipinski definition) is 2. The van der Waals surface area contributed by atoms with Crippen LogP contribution in [0.4, 0.5) is 5.13 Å². The van der Waals surface area contributed by atoms with Gasteiger partial charge in [0.15, 0.2) is 5.13 Å². The highest BCUT2D eigenvalue weighted by molar-refractivity contribution is 7.15. The Balaban J connectivity index is 1.83. The summed E-state index contributed by atoms with van der Waals surface area (Å²) in [6.45, 7) is 8.65. The molecule has 0 radical (unpaired) electrons. The first-order valence-corrected chi connectivity index (χ1v) is 7.76. The van der Waals surface area contributed by atoms with Crippen LogP contribution >= 0.6 is 11.3 Å². The summed E-state index contributed by atoms with van der Waals surface area (Å²) in [5.74, 6) is -0.0253. The van der Waals surface area contributed by atoms with E-state index in [1.807, 2.05) is 27.7 Å². The SMILES string of the molecule is Cc1nc(NC(=O)C2(N)C3CCOC3C2(C)C)sc1C. The zero-order chi connectivity index (χ0) is 14.7. The molecule has 2 aliphatic rings. The predicted octanol–water partition coefficient (Wildman–Crippen LogP) is 1.84. The van der Waals surface area contributed by atoms with Gasteiger partial charge in [-0.05, 0) is 20.3 Å². The molecule has 2 heterocycles. The van der Waals surface area contributed by atoms with Crippen molar-refractivity contribution in [1.82, 2.24) is 4.98 Å². The number of fused-ring (bicyclic) bond motifs is 1. The minimum absolute atomic E-state index is 0.0954. The Kier molecular flexibility index (Phi) is 2.97. The average molecular weight is 295 g/mol. The molecular formula is C14H21N3O2S. The summed E-state index contributed by atoms with van der Waals surface area (Å²) in [5, 5.41) is 3.53. The lowest BCUT2D eigenvalue weighted by atomic mass is 9.48. The fourth-order valence-electron chi connectivity index (χ4n) is 3.57. The number of nitrogens with two attached hydrogens (primary N) is 1. The Hall–Kier alpha value is -0.980. The molecule has 2 fully saturated rings. The van der Waals surface area contributed by atoms with Crippen LogP contribution in [0.1, 0.15) is 30.8 Å². The van der Waals surface area contributed by atoms with Gasteiger partial charge < -0.3 is 15.8 Å². The molecule has 1 aliphatic carbocycles. The predicted molar refractivity (Wildman–Crippen MR) is 78.8 cm³/mol. The van der Waals surface area contributed by atoms with Gasteiger partial charge in [-0.1, -0.05) is 13.8 Å². The van der Waals surface area contributed by atoms with E-state index in [1.54, 1.807) is 0 Å². The van der Waals surface area contributed by atoms with Crippen molar-refractivity contribution in [2.24, 2.45) is 17.1 Å². The van der Waals surface area contributed by atoms with Gasteiger partial charge in [-0.3, -0.25) is 4.79 Å². The molecule has 3 N–H and O–H groups in total. The molecule has 6 heteroatoms. The highest BCUT2D eigenvalue weighted by atomic mass is 32.1. The molecular weight excluding hydrogens is 274 g/mol. The molecule has 1 aliphatic heterocycles. The van der Waals surface area contributed by atoms with Gasteiger partial charge in [0.1, 0.15) is 5.54 Å². The van der Waals surface area contributed by atoms with Crippen molar-refractivity contribution in [3.8, 4) is 0 Å². The number of nitrogens with one attached hydrogen (secondary N) is 1. The van der Waals surface area contributed by atoms with Gasteiger partial charge in [0.25, 0.3) is 0 Å². The van der Waals surface area contributed by atoms with E-state index in [4.69, 9.17) is 10.5 Å². The first-order valence-electron chi connectivity index (χ1n) is 6.94. The quantitative estimate of drug-likeness (QED) is 0.873. The van der Waals surface area contributed by atoms with Gasteiger partial charge in [-0.15, -0.1) is 11.3 Å². The molecule has 0 aromatic carbocycles. The van der Waals surface area contributed by atoms with Crippen LogP contribution in [0.25, 0.3) is 0 Å².